The fourth-order valence-corrected chi connectivity index (χ4v) is 4.62. The summed E-state index contributed by atoms with van der Waals surface area (Å²) in [7, 11) is 4.22. The van der Waals surface area contributed by atoms with E-state index in [0.29, 0.717) is 20.3 Å². The van der Waals surface area contributed by atoms with Gasteiger partial charge in [0.2, 0.25) is 0 Å². The molecule has 0 saturated heterocycles. The van der Waals surface area contributed by atoms with E-state index in [2.05, 4.69) is 44.9 Å². The lowest BCUT2D eigenvalue weighted by molar-refractivity contribution is 0.0596. The van der Waals surface area contributed by atoms with Gasteiger partial charge in [-0.1, -0.05) is 25.8 Å². The first-order valence-corrected chi connectivity index (χ1v) is 11.6. The third-order valence-corrected chi connectivity index (χ3v) is 6.09. The molecule has 2 rings (SSSR count). The number of rotatable bonds is 10. The molecule has 8 heteroatoms. The van der Waals surface area contributed by atoms with Crippen molar-refractivity contribution in [2.24, 2.45) is 0 Å². The van der Waals surface area contributed by atoms with Crippen molar-refractivity contribution in [2.75, 3.05) is 21.3 Å². The van der Waals surface area contributed by atoms with Gasteiger partial charge in [0.25, 0.3) is 0 Å². The summed E-state index contributed by atoms with van der Waals surface area (Å²) in [4.78, 5) is 24.3. The number of ether oxygens (including phenoxy) is 3. The van der Waals surface area contributed by atoms with Crippen molar-refractivity contribution in [2.45, 2.75) is 32.6 Å². The third kappa shape index (κ3) is 5.92. The molecule has 0 bridgehead atoms. The van der Waals surface area contributed by atoms with Gasteiger partial charge in [-0.25, -0.2) is 9.59 Å². The molecule has 0 aliphatic rings. The van der Waals surface area contributed by atoms with Crippen molar-refractivity contribution in [3.63, 3.8) is 0 Å². The predicted molar refractivity (Wildman–Crippen MR) is 131 cm³/mol. The van der Waals surface area contributed by atoms with Gasteiger partial charge in [0, 0.05) is 0 Å². The number of carbonyl (C=O) groups excluding carboxylic acids is 1. The molecular weight excluding hydrogens is 544 g/mol. The highest BCUT2D eigenvalue weighted by Crippen LogP contribution is 2.39. The molecule has 0 fully saturated rings. The Morgan fingerprint density at radius 3 is 1.91 bits per heavy atom. The number of methoxy groups -OCH3 is 3. The SMILES string of the molecule is CCCCC/C=C(/c1cc(Br)c(OC)c(C(=O)O)c1)c1cc(Br)c(OC)c(C(=O)OC)c1. The number of hydrogen-bond acceptors (Lipinski definition) is 5. The monoisotopic (exact) mass is 568 g/mol. The first-order valence-electron chi connectivity index (χ1n) is 10.1. The maximum atomic E-state index is 12.4. The smallest absolute Gasteiger partial charge is 0.341 e. The van der Waals surface area contributed by atoms with Crippen molar-refractivity contribution in [3.05, 3.63) is 61.5 Å². The summed E-state index contributed by atoms with van der Waals surface area (Å²) in [6.45, 7) is 2.13. The second kappa shape index (κ2) is 12.1. The Morgan fingerprint density at radius 2 is 1.44 bits per heavy atom. The fraction of sp³-hybridized carbons (Fsp3) is 0.333. The van der Waals surface area contributed by atoms with E-state index < -0.39 is 11.9 Å². The number of halogens is 2. The first-order chi connectivity index (χ1) is 15.3. The van der Waals surface area contributed by atoms with Crippen LogP contribution in [-0.4, -0.2) is 38.4 Å². The highest BCUT2D eigenvalue weighted by molar-refractivity contribution is 9.11. The Bertz CT molecular complexity index is 1030. The van der Waals surface area contributed by atoms with E-state index in [1.165, 1.54) is 21.3 Å². The zero-order chi connectivity index (χ0) is 23.8. The van der Waals surface area contributed by atoms with Crippen molar-refractivity contribution in [1.29, 1.82) is 0 Å². The number of unbranched alkanes of at least 4 members (excludes halogenated alkanes) is 3. The predicted octanol–water partition coefficient (Wildman–Crippen LogP) is 6.73. The highest BCUT2D eigenvalue weighted by Gasteiger charge is 2.22. The number of aromatic carboxylic acids is 1. The van der Waals surface area contributed by atoms with E-state index in [4.69, 9.17) is 14.2 Å². The molecule has 0 aromatic heterocycles. The lowest BCUT2D eigenvalue weighted by atomic mass is 9.93. The minimum atomic E-state index is -1.10. The van der Waals surface area contributed by atoms with Crippen molar-refractivity contribution >= 4 is 49.4 Å². The van der Waals surface area contributed by atoms with Crippen LogP contribution in [-0.2, 0) is 4.74 Å². The Kier molecular flexibility index (Phi) is 9.78. The van der Waals surface area contributed by atoms with Crippen LogP contribution in [0.15, 0.2) is 39.3 Å². The number of benzene rings is 2. The van der Waals surface area contributed by atoms with Gasteiger partial charge in [-0.15, -0.1) is 0 Å². The summed E-state index contributed by atoms with van der Waals surface area (Å²) in [6, 6.07) is 6.93. The molecule has 1 N–H and O–H groups in total. The number of carboxylic acids is 1. The summed E-state index contributed by atoms with van der Waals surface area (Å²) < 4.78 is 16.7. The van der Waals surface area contributed by atoms with Gasteiger partial charge in [0.05, 0.1) is 30.3 Å². The summed E-state index contributed by atoms with van der Waals surface area (Å²) in [6.07, 6.45) is 6.01. The minimum Gasteiger partial charge on any atom is -0.495 e. The van der Waals surface area contributed by atoms with E-state index in [1.807, 2.05) is 12.1 Å². The van der Waals surface area contributed by atoms with Crippen LogP contribution in [0.2, 0.25) is 0 Å². The number of carboxylic acid groups (broad SMARTS) is 1. The molecule has 2 aromatic rings. The second-order valence-electron chi connectivity index (χ2n) is 6.99. The van der Waals surface area contributed by atoms with E-state index in [9.17, 15) is 14.7 Å². The maximum absolute atomic E-state index is 12.4. The summed E-state index contributed by atoms with van der Waals surface area (Å²) in [5.41, 5.74) is 2.50. The second-order valence-corrected chi connectivity index (χ2v) is 8.70. The van der Waals surface area contributed by atoms with E-state index in [0.717, 1.165) is 36.8 Å². The molecule has 0 amide bonds. The average molecular weight is 570 g/mol. The molecule has 0 aliphatic heterocycles. The molecule has 2 aromatic carbocycles. The van der Waals surface area contributed by atoms with Gasteiger partial charge in [-0.05, 0) is 85.7 Å². The zero-order valence-electron chi connectivity index (χ0n) is 18.5. The molecular formula is C24H26Br2O6. The average Bonchev–Trinajstić information content (AvgIpc) is 2.77. The molecule has 0 saturated carbocycles. The molecule has 0 aliphatic carbocycles. The molecule has 0 radical (unpaired) electrons. The van der Waals surface area contributed by atoms with Crippen LogP contribution >= 0.6 is 31.9 Å². The van der Waals surface area contributed by atoms with E-state index >= 15 is 0 Å². The van der Waals surface area contributed by atoms with Crippen LogP contribution in [0.25, 0.3) is 5.57 Å². The highest BCUT2D eigenvalue weighted by atomic mass is 79.9. The Balaban J connectivity index is 2.75. The van der Waals surface area contributed by atoms with Gasteiger partial charge in [0.1, 0.15) is 22.6 Å². The number of hydrogen-bond donors (Lipinski definition) is 1. The zero-order valence-corrected chi connectivity index (χ0v) is 21.6. The summed E-state index contributed by atoms with van der Waals surface area (Å²) in [5, 5.41) is 9.70. The standard InChI is InChI=1S/C24H26Br2O6/c1-5-6-7-8-9-16(14-10-17(23(27)28)21(30-2)19(25)12-14)15-11-18(24(29)32-4)22(31-3)20(26)13-15/h9-13H,5-8H2,1-4H3,(H,27,28)/b16-9-. The van der Waals surface area contributed by atoms with Gasteiger partial charge in [0.15, 0.2) is 0 Å². The van der Waals surface area contributed by atoms with Gasteiger partial charge in [-0.3, -0.25) is 0 Å². The Labute approximate surface area is 204 Å². The van der Waals surface area contributed by atoms with Crippen LogP contribution in [0.3, 0.4) is 0 Å². The quantitative estimate of drug-likeness (QED) is 0.252. The molecule has 6 nitrogen and oxygen atoms in total. The Morgan fingerprint density at radius 1 is 0.906 bits per heavy atom. The molecule has 0 atom stereocenters. The van der Waals surface area contributed by atoms with Gasteiger partial charge in [-0.2, -0.15) is 0 Å². The normalized spacial score (nSPS) is 11.2. The van der Waals surface area contributed by atoms with Crippen LogP contribution in [0.1, 0.15) is 64.4 Å². The molecule has 172 valence electrons. The Hall–Kier alpha value is -2.32. The van der Waals surface area contributed by atoms with Crippen molar-refractivity contribution in [3.8, 4) is 11.5 Å². The molecule has 0 spiro atoms. The van der Waals surface area contributed by atoms with Crippen molar-refractivity contribution < 1.29 is 28.9 Å². The number of allylic oxidation sites excluding steroid dienone is 1. The minimum absolute atomic E-state index is 0.0390. The molecule has 0 unspecified atom stereocenters. The third-order valence-electron chi connectivity index (χ3n) is 4.91. The van der Waals surface area contributed by atoms with Crippen LogP contribution in [0, 0.1) is 0 Å². The summed E-state index contributed by atoms with van der Waals surface area (Å²) in [5.74, 6) is -1.01. The van der Waals surface area contributed by atoms with E-state index in [-0.39, 0.29) is 16.9 Å². The number of carbonyl (C=O) groups is 2. The maximum Gasteiger partial charge on any atom is 0.341 e. The van der Waals surface area contributed by atoms with Crippen LogP contribution in [0.5, 0.6) is 11.5 Å². The van der Waals surface area contributed by atoms with Crippen molar-refractivity contribution in [1.82, 2.24) is 0 Å². The lowest BCUT2D eigenvalue weighted by Gasteiger charge is -2.16. The van der Waals surface area contributed by atoms with Gasteiger partial charge >= 0.3 is 11.9 Å². The van der Waals surface area contributed by atoms with Gasteiger partial charge < -0.3 is 19.3 Å². The number of esters is 1. The van der Waals surface area contributed by atoms with Crippen LogP contribution in [0.4, 0.5) is 0 Å². The molecule has 0 heterocycles. The first kappa shape index (κ1) is 25.9. The topological polar surface area (TPSA) is 82.1 Å². The lowest BCUT2D eigenvalue weighted by Crippen LogP contribution is -2.06. The van der Waals surface area contributed by atoms with E-state index in [1.54, 1.807) is 12.1 Å². The summed E-state index contributed by atoms with van der Waals surface area (Å²) >= 11 is 6.91. The largest absolute Gasteiger partial charge is 0.495 e. The van der Waals surface area contributed by atoms with Crippen LogP contribution < -0.4 is 9.47 Å². The fourth-order valence-electron chi connectivity index (χ4n) is 3.38. The molecule has 32 heavy (non-hydrogen) atoms.